The Balaban J connectivity index is 1.83. The lowest BCUT2D eigenvalue weighted by Crippen LogP contribution is -2.14. The van der Waals surface area contributed by atoms with Crippen molar-refractivity contribution in [1.82, 2.24) is 4.98 Å². The van der Waals surface area contributed by atoms with E-state index in [9.17, 15) is 4.79 Å². The molecule has 0 fully saturated rings. The number of aromatic nitrogens is 1. The van der Waals surface area contributed by atoms with Crippen molar-refractivity contribution >= 4 is 23.5 Å². The summed E-state index contributed by atoms with van der Waals surface area (Å²) >= 11 is 1.47. The molecule has 19 heavy (non-hydrogen) atoms. The summed E-state index contributed by atoms with van der Waals surface area (Å²) in [5, 5.41) is 2.74. The Morgan fingerprint density at radius 1 is 1.26 bits per heavy atom. The molecule has 0 radical (unpaired) electrons. The minimum Gasteiger partial charge on any atom is -0.497 e. The Kier molecular flexibility index (Phi) is 4.80. The standard InChI is InChI=1S/C14H14N2O2S/c1-18-11-5-7-12(8-6-11)19-10-14(17)16-13-4-2-3-9-15-13/h2-9H,10H2,1H3,(H,15,16,17). The summed E-state index contributed by atoms with van der Waals surface area (Å²) in [5.41, 5.74) is 0. The molecule has 1 heterocycles. The third-order valence-corrected chi connectivity index (χ3v) is 3.37. The summed E-state index contributed by atoms with van der Waals surface area (Å²) in [4.78, 5) is 16.8. The van der Waals surface area contributed by atoms with E-state index in [4.69, 9.17) is 4.74 Å². The lowest BCUT2D eigenvalue weighted by molar-refractivity contribution is -0.113. The predicted octanol–water partition coefficient (Wildman–Crippen LogP) is 2.82. The highest BCUT2D eigenvalue weighted by Gasteiger charge is 2.04. The van der Waals surface area contributed by atoms with Gasteiger partial charge in [0.1, 0.15) is 11.6 Å². The molecule has 0 aliphatic carbocycles. The van der Waals surface area contributed by atoms with E-state index < -0.39 is 0 Å². The van der Waals surface area contributed by atoms with Crippen LogP contribution in [-0.2, 0) is 4.79 Å². The van der Waals surface area contributed by atoms with E-state index in [1.807, 2.05) is 36.4 Å². The Morgan fingerprint density at radius 2 is 2.05 bits per heavy atom. The summed E-state index contributed by atoms with van der Waals surface area (Å²) in [5.74, 6) is 1.66. The zero-order valence-corrected chi connectivity index (χ0v) is 11.3. The van der Waals surface area contributed by atoms with E-state index in [1.165, 1.54) is 11.8 Å². The van der Waals surface area contributed by atoms with E-state index in [2.05, 4.69) is 10.3 Å². The molecule has 0 saturated heterocycles. The quantitative estimate of drug-likeness (QED) is 0.852. The monoisotopic (exact) mass is 274 g/mol. The predicted molar refractivity (Wildman–Crippen MR) is 76.6 cm³/mol. The number of nitrogens with one attached hydrogen (secondary N) is 1. The molecule has 0 aliphatic rings. The zero-order valence-electron chi connectivity index (χ0n) is 10.5. The smallest absolute Gasteiger partial charge is 0.235 e. The van der Waals surface area contributed by atoms with Gasteiger partial charge in [0.15, 0.2) is 0 Å². The molecule has 1 amide bonds. The second-order valence-corrected chi connectivity index (χ2v) is 4.78. The first-order valence-electron chi connectivity index (χ1n) is 5.75. The molecule has 0 saturated carbocycles. The first-order chi connectivity index (χ1) is 9.28. The van der Waals surface area contributed by atoms with Crippen molar-refractivity contribution in [2.75, 3.05) is 18.2 Å². The van der Waals surface area contributed by atoms with Crippen LogP contribution in [-0.4, -0.2) is 23.8 Å². The van der Waals surface area contributed by atoms with Gasteiger partial charge in [-0.05, 0) is 36.4 Å². The largest absolute Gasteiger partial charge is 0.497 e. The van der Waals surface area contributed by atoms with Gasteiger partial charge in [-0.15, -0.1) is 11.8 Å². The van der Waals surface area contributed by atoms with Crippen LogP contribution in [0.4, 0.5) is 5.82 Å². The van der Waals surface area contributed by atoms with Crippen LogP contribution in [0, 0.1) is 0 Å². The fourth-order valence-electron chi connectivity index (χ4n) is 1.44. The molecule has 2 rings (SSSR count). The van der Waals surface area contributed by atoms with Crippen LogP contribution in [0.2, 0.25) is 0 Å². The maximum absolute atomic E-state index is 11.7. The van der Waals surface area contributed by atoms with Crippen LogP contribution in [0.1, 0.15) is 0 Å². The first-order valence-corrected chi connectivity index (χ1v) is 6.74. The van der Waals surface area contributed by atoms with E-state index in [1.54, 1.807) is 19.4 Å². The number of rotatable bonds is 5. The van der Waals surface area contributed by atoms with Gasteiger partial charge >= 0.3 is 0 Å². The zero-order chi connectivity index (χ0) is 13.5. The summed E-state index contributed by atoms with van der Waals surface area (Å²) in [7, 11) is 1.63. The second-order valence-electron chi connectivity index (χ2n) is 3.73. The summed E-state index contributed by atoms with van der Waals surface area (Å²) in [6.07, 6.45) is 1.65. The number of anilines is 1. The molecule has 1 N–H and O–H groups in total. The first kappa shape index (κ1) is 13.4. The number of benzene rings is 1. The van der Waals surface area contributed by atoms with Gasteiger partial charge in [0.25, 0.3) is 0 Å². The highest BCUT2D eigenvalue weighted by molar-refractivity contribution is 8.00. The number of methoxy groups -OCH3 is 1. The molecule has 2 aromatic rings. The van der Waals surface area contributed by atoms with E-state index in [0.29, 0.717) is 11.6 Å². The van der Waals surface area contributed by atoms with Crippen LogP contribution >= 0.6 is 11.8 Å². The summed E-state index contributed by atoms with van der Waals surface area (Å²) < 4.78 is 5.08. The van der Waals surface area contributed by atoms with Crippen molar-refractivity contribution in [1.29, 1.82) is 0 Å². The lowest BCUT2D eigenvalue weighted by atomic mass is 10.3. The highest BCUT2D eigenvalue weighted by Crippen LogP contribution is 2.21. The molecular weight excluding hydrogens is 260 g/mol. The number of carbonyl (C=O) groups excluding carboxylic acids is 1. The average molecular weight is 274 g/mol. The van der Waals surface area contributed by atoms with Gasteiger partial charge in [-0.1, -0.05) is 6.07 Å². The van der Waals surface area contributed by atoms with Gasteiger partial charge in [0.05, 0.1) is 12.9 Å². The van der Waals surface area contributed by atoms with E-state index in [-0.39, 0.29) is 5.91 Å². The Morgan fingerprint density at radius 3 is 2.68 bits per heavy atom. The molecule has 0 spiro atoms. The number of nitrogens with zero attached hydrogens (tertiary/aromatic N) is 1. The van der Waals surface area contributed by atoms with Crippen LogP contribution in [0.5, 0.6) is 5.75 Å². The SMILES string of the molecule is COc1ccc(SCC(=O)Nc2ccccn2)cc1. The van der Waals surface area contributed by atoms with E-state index in [0.717, 1.165) is 10.6 Å². The van der Waals surface area contributed by atoms with Crippen molar-refractivity contribution in [3.05, 3.63) is 48.7 Å². The normalized spacial score (nSPS) is 9.95. The minimum absolute atomic E-state index is 0.0699. The molecule has 1 aromatic carbocycles. The topological polar surface area (TPSA) is 51.2 Å². The van der Waals surface area contributed by atoms with Gasteiger partial charge in [0.2, 0.25) is 5.91 Å². The molecule has 0 bridgehead atoms. The molecule has 0 unspecified atom stereocenters. The number of amides is 1. The van der Waals surface area contributed by atoms with Crippen molar-refractivity contribution in [2.45, 2.75) is 4.90 Å². The van der Waals surface area contributed by atoms with Crippen molar-refractivity contribution in [2.24, 2.45) is 0 Å². The van der Waals surface area contributed by atoms with Crippen molar-refractivity contribution in [3.63, 3.8) is 0 Å². The van der Waals surface area contributed by atoms with Gasteiger partial charge in [-0.3, -0.25) is 4.79 Å². The number of ether oxygens (including phenoxy) is 1. The van der Waals surface area contributed by atoms with Gasteiger partial charge < -0.3 is 10.1 Å². The van der Waals surface area contributed by atoms with Gasteiger partial charge in [-0.25, -0.2) is 4.98 Å². The van der Waals surface area contributed by atoms with Crippen LogP contribution in [0.25, 0.3) is 0 Å². The Labute approximate surface area is 116 Å². The maximum Gasteiger partial charge on any atom is 0.235 e. The van der Waals surface area contributed by atoms with Crippen LogP contribution in [0.15, 0.2) is 53.6 Å². The Bertz CT molecular complexity index is 529. The molecule has 0 aliphatic heterocycles. The van der Waals surface area contributed by atoms with Gasteiger partial charge in [0, 0.05) is 11.1 Å². The number of pyridine rings is 1. The van der Waals surface area contributed by atoms with Crippen molar-refractivity contribution < 1.29 is 9.53 Å². The molecule has 5 heteroatoms. The van der Waals surface area contributed by atoms with E-state index >= 15 is 0 Å². The van der Waals surface area contributed by atoms with Crippen molar-refractivity contribution in [3.8, 4) is 5.75 Å². The maximum atomic E-state index is 11.7. The number of hydrogen-bond donors (Lipinski definition) is 1. The fourth-order valence-corrected chi connectivity index (χ4v) is 2.13. The molecule has 1 aromatic heterocycles. The highest BCUT2D eigenvalue weighted by atomic mass is 32.2. The van der Waals surface area contributed by atoms with Crippen LogP contribution in [0.3, 0.4) is 0 Å². The van der Waals surface area contributed by atoms with Crippen LogP contribution < -0.4 is 10.1 Å². The summed E-state index contributed by atoms with van der Waals surface area (Å²) in [6.45, 7) is 0. The second kappa shape index (κ2) is 6.80. The third-order valence-electron chi connectivity index (χ3n) is 2.36. The molecule has 4 nitrogen and oxygen atoms in total. The number of carbonyl (C=O) groups is 1. The molecular formula is C14H14N2O2S. The number of hydrogen-bond acceptors (Lipinski definition) is 4. The Hall–Kier alpha value is -2.01. The average Bonchev–Trinajstić information content (AvgIpc) is 2.47. The third kappa shape index (κ3) is 4.30. The number of thioether (sulfide) groups is 1. The summed E-state index contributed by atoms with van der Waals surface area (Å²) in [6, 6.07) is 13.0. The minimum atomic E-state index is -0.0699. The van der Waals surface area contributed by atoms with Gasteiger partial charge in [-0.2, -0.15) is 0 Å². The fraction of sp³-hybridized carbons (Fsp3) is 0.143. The molecule has 0 atom stereocenters. The lowest BCUT2D eigenvalue weighted by Gasteiger charge is -2.05. The molecule has 98 valence electrons.